The third kappa shape index (κ3) is 4.49. The first-order valence-electron chi connectivity index (χ1n) is 9.52. The van der Waals surface area contributed by atoms with Crippen molar-refractivity contribution in [3.8, 4) is 23.0 Å². The zero-order chi connectivity index (χ0) is 22.7. The lowest BCUT2D eigenvalue weighted by molar-refractivity contribution is 0.395. The summed E-state index contributed by atoms with van der Waals surface area (Å²) < 4.78 is 30.3. The fourth-order valence-corrected chi connectivity index (χ4v) is 3.62. The third-order valence-electron chi connectivity index (χ3n) is 4.77. The number of rotatable bonds is 7. The van der Waals surface area contributed by atoms with E-state index in [1.54, 1.807) is 36.4 Å². The highest BCUT2D eigenvalue weighted by molar-refractivity contribution is 6.33. The van der Waals surface area contributed by atoms with Gasteiger partial charge >= 0.3 is 0 Å². The number of nitrogens with one attached hydrogen (secondary N) is 1. The molecule has 1 heterocycles. The molecule has 4 aromatic rings. The van der Waals surface area contributed by atoms with Crippen molar-refractivity contribution >= 4 is 28.9 Å². The molecule has 6 nitrogen and oxygen atoms in total. The number of halogens is 3. The molecule has 0 aliphatic heterocycles. The summed E-state index contributed by atoms with van der Waals surface area (Å²) in [7, 11) is 3.05. The average molecular weight is 474 g/mol. The van der Waals surface area contributed by atoms with Crippen molar-refractivity contribution in [1.82, 2.24) is 10.2 Å². The highest BCUT2D eigenvalue weighted by Gasteiger charge is 2.24. The molecule has 0 fully saturated rings. The van der Waals surface area contributed by atoms with Crippen molar-refractivity contribution < 1.29 is 18.3 Å². The number of methoxy groups -OCH3 is 2. The number of hydrogen-bond acceptors (Lipinski definition) is 6. The second kappa shape index (κ2) is 9.46. The van der Waals surface area contributed by atoms with Crippen LogP contribution in [0.25, 0.3) is 11.5 Å². The van der Waals surface area contributed by atoms with Gasteiger partial charge in [-0.3, -0.25) is 0 Å². The highest BCUT2D eigenvalue weighted by Crippen LogP contribution is 2.39. The molecule has 164 valence electrons. The molecule has 4 rings (SSSR count). The van der Waals surface area contributed by atoms with Gasteiger partial charge in [-0.05, 0) is 35.9 Å². The highest BCUT2D eigenvalue weighted by atomic mass is 35.5. The summed E-state index contributed by atoms with van der Waals surface area (Å²) in [4.78, 5) is 0. The molecular formula is C23H18Cl2FN3O3. The second-order valence-electron chi connectivity index (χ2n) is 6.74. The van der Waals surface area contributed by atoms with Gasteiger partial charge in [0.1, 0.15) is 23.4 Å². The summed E-state index contributed by atoms with van der Waals surface area (Å²) >= 11 is 12.6. The van der Waals surface area contributed by atoms with Crippen LogP contribution in [0.4, 0.5) is 10.1 Å². The third-order valence-corrected chi connectivity index (χ3v) is 5.39. The quantitative estimate of drug-likeness (QED) is 0.334. The van der Waals surface area contributed by atoms with Gasteiger partial charge in [-0.2, -0.15) is 0 Å². The predicted octanol–water partition coefficient (Wildman–Crippen LogP) is 6.40. The first kappa shape index (κ1) is 21.9. The Balaban J connectivity index is 1.77. The molecule has 32 heavy (non-hydrogen) atoms. The van der Waals surface area contributed by atoms with Gasteiger partial charge in [0.15, 0.2) is 0 Å². The van der Waals surface area contributed by atoms with Gasteiger partial charge in [-0.15, -0.1) is 10.2 Å². The molecule has 0 radical (unpaired) electrons. The SMILES string of the molecule is COc1cc(OC)c(N[C@H](c2ccc(F)cc2)c2nnc(-c3ccccc3Cl)o2)cc1Cl. The van der Waals surface area contributed by atoms with Gasteiger partial charge in [-0.1, -0.05) is 47.5 Å². The molecule has 1 N–H and O–H groups in total. The van der Waals surface area contributed by atoms with Crippen LogP contribution in [0.3, 0.4) is 0 Å². The normalized spacial score (nSPS) is 11.8. The van der Waals surface area contributed by atoms with Crippen LogP contribution >= 0.6 is 23.2 Å². The minimum absolute atomic E-state index is 0.250. The van der Waals surface area contributed by atoms with E-state index in [9.17, 15) is 4.39 Å². The summed E-state index contributed by atoms with van der Waals surface area (Å²) in [5.41, 5.74) is 1.86. The Morgan fingerprint density at radius 3 is 2.31 bits per heavy atom. The molecule has 0 spiro atoms. The van der Waals surface area contributed by atoms with E-state index in [0.29, 0.717) is 38.4 Å². The monoisotopic (exact) mass is 473 g/mol. The molecule has 1 aromatic heterocycles. The molecule has 9 heteroatoms. The minimum atomic E-state index is -0.627. The summed E-state index contributed by atoms with van der Waals surface area (Å²) in [6.07, 6.45) is 0. The molecule has 0 saturated carbocycles. The van der Waals surface area contributed by atoms with Crippen molar-refractivity contribution in [2.45, 2.75) is 6.04 Å². The van der Waals surface area contributed by atoms with Gasteiger partial charge < -0.3 is 19.2 Å². The van der Waals surface area contributed by atoms with Gasteiger partial charge in [0.25, 0.3) is 0 Å². The first-order valence-corrected chi connectivity index (χ1v) is 10.3. The largest absolute Gasteiger partial charge is 0.495 e. The van der Waals surface area contributed by atoms with Crippen LogP contribution in [0.1, 0.15) is 17.5 Å². The van der Waals surface area contributed by atoms with Crippen LogP contribution < -0.4 is 14.8 Å². The summed E-state index contributed by atoms with van der Waals surface area (Å²) in [6.45, 7) is 0. The van der Waals surface area contributed by atoms with Gasteiger partial charge in [0.05, 0.1) is 35.5 Å². The van der Waals surface area contributed by atoms with E-state index < -0.39 is 6.04 Å². The van der Waals surface area contributed by atoms with Crippen LogP contribution in [-0.4, -0.2) is 24.4 Å². The van der Waals surface area contributed by atoms with E-state index in [4.69, 9.17) is 37.1 Å². The lowest BCUT2D eigenvalue weighted by atomic mass is 10.1. The summed E-state index contributed by atoms with van der Waals surface area (Å²) in [6, 6.07) is 15.8. The lowest BCUT2D eigenvalue weighted by Crippen LogP contribution is -2.14. The maximum absolute atomic E-state index is 13.6. The van der Waals surface area contributed by atoms with Gasteiger partial charge in [-0.25, -0.2) is 4.39 Å². The molecule has 0 aliphatic carbocycles. The Labute approximate surface area is 193 Å². The Morgan fingerprint density at radius 2 is 1.62 bits per heavy atom. The molecule has 0 unspecified atom stereocenters. The predicted molar refractivity (Wildman–Crippen MR) is 121 cm³/mol. The standard InChI is InChI=1S/C23H18Cl2FN3O3/c1-30-19-12-20(31-2)18(11-17(19)25)27-21(13-7-9-14(26)10-8-13)23-29-28-22(32-23)15-5-3-4-6-16(15)24/h3-12,21,27H,1-2H3/t21-/m1/s1. The van der Waals surface area contributed by atoms with Crippen LogP contribution in [-0.2, 0) is 0 Å². The summed E-state index contributed by atoms with van der Waals surface area (Å²) in [5, 5.41) is 12.5. The second-order valence-corrected chi connectivity index (χ2v) is 7.56. The fraction of sp³-hybridized carbons (Fsp3) is 0.130. The van der Waals surface area contributed by atoms with Gasteiger partial charge in [0.2, 0.25) is 11.8 Å². The smallest absolute Gasteiger partial charge is 0.249 e. The molecule has 0 bridgehead atoms. The Hall–Kier alpha value is -3.29. The minimum Gasteiger partial charge on any atom is -0.495 e. The van der Waals surface area contributed by atoms with Crippen LogP contribution in [0, 0.1) is 5.82 Å². The fourth-order valence-electron chi connectivity index (χ4n) is 3.17. The maximum atomic E-state index is 13.6. The Kier molecular flexibility index (Phi) is 6.48. The maximum Gasteiger partial charge on any atom is 0.249 e. The average Bonchev–Trinajstić information content (AvgIpc) is 3.28. The van der Waals surface area contributed by atoms with Crippen LogP contribution in [0.2, 0.25) is 10.0 Å². The molecule has 1 atom stereocenters. The van der Waals surface area contributed by atoms with Gasteiger partial charge in [0, 0.05) is 6.07 Å². The van der Waals surface area contributed by atoms with Crippen molar-refractivity contribution in [1.29, 1.82) is 0 Å². The van der Waals surface area contributed by atoms with Crippen LogP contribution in [0.15, 0.2) is 65.1 Å². The first-order chi connectivity index (χ1) is 15.5. The van der Waals surface area contributed by atoms with E-state index >= 15 is 0 Å². The number of benzene rings is 3. The molecule has 3 aromatic carbocycles. The zero-order valence-corrected chi connectivity index (χ0v) is 18.6. The van der Waals surface area contributed by atoms with Crippen molar-refractivity contribution in [3.05, 3.63) is 88.0 Å². The van der Waals surface area contributed by atoms with E-state index in [-0.39, 0.29) is 17.6 Å². The molecular weight excluding hydrogens is 456 g/mol. The lowest BCUT2D eigenvalue weighted by Gasteiger charge is -2.20. The molecule has 0 aliphatic rings. The molecule has 0 amide bonds. The molecule has 0 saturated heterocycles. The number of anilines is 1. The number of nitrogens with zero attached hydrogens (tertiary/aromatic N) is 2. The number of ether oxygens (including phenoxy) is 2. The van der Waals surface area contributed by atoms with E-state index in [1.807, 2.05) is 12.1 Å². The zero-order valence-electron chi connectivity index (χ0n) is 17.1. The van der Waals surface area contributed by atoms with E-state index in [1.165, 1.54) is 26.4 Å². The van der Waals surface area contributed by atoms with E-state index in [0.717, 1.165) is 0 Å². The number of hydrogen-bond donors (Lipinski definition) is 1. The summed E-state index contributed by atoms with van der Waals surface area (Å²) in [5.74, 6) is 1.11. The Bertz CT molecular complexity index is 1230. The van der Waals surface area contributed by atoms with Crippen molar-refractivity contribution in [2.75, 3.05) is 19.5 Å². The van der Waals surface area contributed by atoms with Crippen LogP contribution in [0.5, 0.6) is 11.5 Å². The topological polar surface area (TPSA) is 69.4 Å². The van der Waals surface area contributed by atoms with Crippen molar-refractivity contribution in [2.24, 2.45) is 0 Å². The number of aromatic nitrogens is 2. The van der Waals surface area contributed by atoms with Crippen molar-refractivity contribution in [3.63, 3.8) is 0 Å². The van der Waals surface area contributed by atoms with E-state index in [2.05, 4.69) is 15.5 Å². The Morgan fingerprint density at radius 1 is 0.906 bits per heavy atom.